The summed E-state index contributed by atoms with van der Waals surface area (Å²) in [5, 5.41) is 0. The van der Waals surface area contributed by atoms with E-state index in [1.54, 1.807) is 42.7 Å². The number of methoxy groups -OCH3 is 1. The summed E-state index contributed by atoms with van der Waals surface area (Å²) in [6.45, 7) is 6.84. The zero-order chi connectivity index (χ0) is 24.9. The molecule has 0 bridgehead atoms. The number of rotatable bonds is 4. The number of pyridine rings is 1. The van der Waals surface area contributed by atoms with E-state index in [-0.39, 0.29) is 12.6 Å². The fraction of sp³-hybridized carbons (Fsp3) is 0.417. The van der Waals surface area contributed by atoms with E-state index in [9.17, 15) is 18.8 Å². The van der Waals surface area contributed by atoms with Crippen LogP contribution in [-0.2, 0) is 16.0 Å². The number of amides is 3. The Morgan fingerprint density at radius 2 is 1.62 bits per heavy atom. The van der Waals surface area contributed by atoms with E-state index in [1.807, 2.05) is 0 Å². The van der Waals surface area contributed by atoms with Gasteiger partial charge in [0.25, 0.3) is 0 Å². The van der Waals surface area contributed by atoms with Crippen LogP contribution in [0.25, 0.3) is 0 Å². The standard InChI is InChI=1S/C24H29FN4O5/c1-24(2,3)34-23(32)28-13-11-27(12-14-28)22(31)29(20-9-6-18(25)7-10-20)16-19-8-5-17(15-26-19)21(30)33-4/h5-10,15H,11-14,16H2,1-4H3. The Morgan fingerprint density at radius 1 is 1.00 bits per heavy atom. The van der Waals surface area contributed by atoms with Gasteiger partial charge in [-0.25, -0.2) is 18.8 Å². The fourth-order valence-corrected chi connectivity index (χ4v) is 3.39. The van der Waals surface area contributed by atoms with Crippen molar-refractivity contribution in [2.75, 3.05) is 38.2 Å². The molecule has 1 saturated heterocycles. The zero-order valence-electron chi connectivity index (χ0n) is 19.8. The van der Waals surface area contributed by atoms with Crippen molar-refractivity contribution in [1.29, 1.82) is 0 Å². The topological polar surface area (TPSA) is 92.3 Å². The van der Waals surface area contributed by atoms with Crippen molar-refractivity contribution in [1.82, 2.24) is 14.8 Å². The van der Waals surface area contributed by atoms with Crippen LogP contribution in [0.4, 0.5) is 19.7 Å². The van der Waals surface area contributed by atoms with E-state index in [0.29, 0.717) is 43.1 Å². The Labute approximate surface area is 198 Å². The maximum Gasteiger partial charge on any atom is 0.410 e. The zero-order valence-corrected chi connectivity index (χ0v) is 19.8. The van der Waals surface area contributed by atoms with Gasteiger partial charge in [0, 0.05) is 38.1 Å². The smallest absolute Gasteiger partial charge is 0.410 e. The summed E-state index contributed by atoms with van der Waals surface area (Å²) < 4.78 is 23.6. The van der Waals surface area contributed by atoms with Crippen molar-refractivity contribution in [2.45, 2.75) is 32.9 Å². The molecule has 0 atom stereocenters. The molecule has 1 aromatic heterocycles. The SMILES string of the molecule is COC(=O)c1ccc(CN(C(=O)N2CCN(C(=O)OC(C)(C)C)CC2)c2ccc(F)cc2)nc1. The van der Waals surface area contributed by atoms with Crippen molar-refractivity contribution in [3.05, 3.63) is 59.7 Å². The number of anilines is 1. The van der Waals surface area contributed by atoms with Gasteiger partial charge in [0.15, 0.2) is 0 Å². The number of carbonyl (C=O) groups is 3. The quantitative estimate of drug-likeness (QED) is 0.631. The van der Waals surface area contributed by atoms with Crippen LogP contribution in [0.15, 0.2) is 42.6 Å². The number of benzene rings is 1. The minimum absolute atomic E-state index is 0.109. The number of ether oxygens (including phenoxy) is 2. The molecule has 0 unspecified atom stereocenters. The molecule has 0 saturated carbocycles. The van der Waals surface area contributed by atoms with Crippen LogP contribution in [0.2, 0.25) is 0 Å². The summed E-state index contributed by atoms with van der Waals surface area (Å²) in [5.41, 5.74) is 0.738. The maximum atomic E-state index is 13.5. The Balaban J connectivity index is 1.74. The molecule has 10 heteroatoms. The lowest BCUT2D eigenvalue weighted by Gasteiger charge is -2.38. The lowest BCUT2D eigenvalue weighted by molar-refractivity contribution is 0.0172. The van der Waals surface area contributed by atoms with Crippen LogP contribution in [0.1, 0.15) is 36.8 Å². The number of urea groups is 1. The van der Waals surface area contributed by atoms with Crippen molar-refractivity contribution in [2.24, 2.45) is 0 Å². The average Bonchev–Trinajstić information content (AvgIpc) is 2.81. The van der Waals surface area contributed by atoms with E-state index in [0.717, 1.165) is 0 Å². The molecule has 1 aliphatic heterocycles. The van der Waals surface area contributed by atoms with E-state index in [2.05, 4.69) is 9.72 Å². The maximum absolute atomic E-state index is 13.5. The van der Waals surface area contributed by atoms with Gasteiger partial charge in [-0.15, -0.1) is 0 Å². The van der Waals surface area contributed by atoms with E-state index in [1.165, 1.54) is 42.5 Å². The number of carbonyl (C=O) groups excluding carboxylic acids is 3. The van der Waals surface area contributed by atoms with Gasteiger partial charge in [0.2, 0.25) is 0 Å². The van der Waals surface area contributed by atoms with E-state index >= 15 is 0 Å². The second-order valence-corrected chi connectivity index (χ2v) is 8.83. The van der Waals surface area contributed by atoms with Crippen LogP contribution >= 0.6 is 0 Å². The summed E-state index contributed by atoms with van der Waals surface area (Å²) in [4.78, 5) is 46.4. The predicted octanol–water partition coefficient (Wildman–Crippen LogP) is 3.69. The molecule has 3 rings (SSSR count). The number of hydrogen-bond acceptors (Lipinski definition) is 6. The lowest BCUT2D eigenvalue weighted by atomic mass is 10.2. The van der Waals surface area contributed by atoms with Gasteiger partial charge in [0.05, 0.1) is 24.9 Å². The molecule has 0 N–H and O–H groups in total. The first-order valence-corrected chi connectivity index (χ1v) is 10.9. The summed E-state index contributed by atoms with van der Waals surface area (Å²) in [6.07, 6.45) is 0.971. The molecule has 0 aliphatic carbocycles. The molecule has 1 aromatic carbocycles. The number of nitrogens with zero attached hydrogens (tertiary/aromatic N) is 4. The third kappa shape index (κ3) is 6.43. The third-order valence-corrected chi connectivity index (χ3v) is 5.14. The number of halogens is 1. The van der Waals surface area contributed by atoms with Crippen molar-refractivity contribution in [3.8, 4) is 0 Å². The molecule has 9 nitrogen and oxygen atoms in total. The highest BCUT2D eigenvalue weighted by Gasteiger charge is 2.30. The number of hydrogen-bond donors (Lipinski definition) is 0. The summed E-state index contributed by atoms with van der Waals surface area (Å²) in [7, 11) is 1.29. The molecule has 34 heavy (non-hydrogen) atoms. The highest BCUT2D eigenvalue weighted by Crippen LogP contribution is 2.21. The molecule has 182 valence electrons. The molecule has 2 aromatic rings. The van der Waals surface area contributed by atoms with E-state index < -0.39 is 23.5 Å². The monoisotopic (exact) mass is 472 g/mol. The lowest BCUT2D eigenvalue weighted by Crippen LogP contribution is -2.54. The highest BCUT2D eigenvalue weighted by molar-refractivity contribution is 5.92. The van der Waals surface area contributed by atoms with Crippen molar-refractivity contribution in [3.63, 3.8) is 0 Å². The van der Waals surface area contributed by atoms with Crippen LogP contribution in [0.3, 0.4) is 0 Å². The van der Waals surface area contributed by atoms with Gasteiger partial charge in [-0.3, -0.25) is 9.88 Å². The first kappa shape index (κ1) is 24.9. The first-order valence-electron chi connectivity index (χ1n) is 10.9. The highest BCUT2D eigenvalue weighted by atomic mass is 19.1. The Kier molecular flexibility index (Phi) is 7.70. The second kappa shape index (κ2) is 10.5. The van der Waals surface area contributed by atoms with E-state index in [4.69, 9.17) is 4.74 Å². The molecule has 3 amide bonds. The molecular formula is C24H29FN4O5. The molecule has 0 spiro atoms. The van der Waals surface area contributed by atoms with Gasteiger partial charge in [0.1, 0.15) is 11.4 Å². The number of piperazine rings is 1. The van der Waals surface area contributed by atoms with Gasteiger partial charge < -0.3 is 19.3 Å². The number of esters is 1. The van der Waals surface area contributed by atoms with Gasteiger partial charge >= 0.3 is 18.1 Å². The molecule has 2 heterocycles. The Hall–Kier alpha value is -3.69. The van der Waals surface area contributed by atoms with Gasteiger partial charge in [-0.05, 0) is 57.2 Å². The van der Waals surface area contributed by atoms with Crippen molar-refractivity contribution >= 4 is 23.8 Å². The van der Waals surface area contributed by atoms with Gasteiger partial charge in [-0.2, -0.15) is 0 Å². The molecule has 0 radical (unpaired) electrons. The number of aromatic nitrogens is 1. The van der Waals surface area contributed by atoms with Crippen molar-refractivity contribution < 1.29 is 28.2 Å². The summed E-state index contributed by atoms with van der Waals surface area (Å²) in [6, 6.07) is 8.51. The molecular weight excluding hydrogens is 443 g/mol. The minimum Gasteiger partial charge on any atom is -0.465 e. The van der Waals surface area contributed by atoms with Crippen LogP contribution < -0.4 is 4.90 Å². The summed E-state index contributed by atoms with van der Waals surface area (Å²) in [5.74, 6) is -0.920. The molecule has 1 fully saturated rings. The fourth-order valence-electron chi connectivity index (χ4n) is 3.39. The predicted molar refractivity (Wildman–Crippen MR) is 123 cm³/mol. The average molecular weight is 473 g/mol. The van der Waals surface area contributed by atoms with Crippen LogP contribution in [0, 0.1) is 5.82 Å². The van der Waals surface area contributed by atoms with Crippen LogP contribution in [0.5, 0.6) is 0 Å². The van der Waals surface area contributed by atoms with Crippen LogP contribution in [-0.4, -0.2) is 71.8 Å². The largest absolute Gasteiger partial charge is 0.465 e. The normalized spacial score (nSPS) is 13.9. The first-order chi connectivity index (χ1) is 16.1. The minimum atomic E-state index is -0.597. The van der Waals surface area contributed by atoms with Gasteiger partial charge in [-0.1, -0.05) is 0 Å². The third-order valence-electron chi connectivity index (χ3n) is 5.14. The molecule has 1 aliphatic rings. The Bertz CT molecular complexity index is 1010. The second-order valence-electron chi connectivity index (χ2n) is 8.83. The summed E-state index contributed by atoms with van der Waals surface area (Å²) >= 11 is 0. The Morgan fingerprint density at radius 3 is 2.15 bits per heavy atom.